The highest BCUT2D eigenvalue weighted by atomic mass is 35.5. The van der Waals surface area contributed by atoms with Crippen molar-refractivity contribution in [3.63, 3.8) is 0 Å². The molecule has 9 heteroatoms. The molecule has 0 aliphatic carbocycles. The van der Waals surface area contributed by atoms with E-state index in [9.17, 15) is 23.3 Å². The molecule has 15 heavy (non-hydrogen) atoms. The largest absolute Gasteiger partial charge is 0.408 e. The van der Waals surface area contributed by atoms with E-state index in [0.717, 1.165) is 12.1 Å². The molecule has 0 aromatic carbocycles. The summed E-state index contributed by atoms with van der Waals surface area (Å²) in [4.78, 5) is 9.17. The Balaban J connectivity index is 0.00000196. The highest BCUT2D eigenvalue weighted by molar-refractivity contribution is 7.15. The molecule has 0 amide bonds. The topological polar surface area (TPSA) is 69.2 Å². The van der Waals surface area contributed by atoms with Gasteiger partial charge in [-0.05, 0) is 6.07 Å². The Kier molecular flexibility index (Phi) is 4.50. The zero-order chi connectivity index (χ0) is 10.9. The molecule has 1 atom stereocenters. The molecule has 1 rings (SSSR count). The van der Waals surface area contributed by atoms with Gasteiger partial charge in [-0.2, -0.15) is 13.2 Å². The number of thiophene rings is 1. The van der Waals surface area contributed by atoms with Crippen molar-refractivity contribution in [3.8, 4) is 0 Å². The van der Waals surface area contributed by atoms with Crippen molar-refractivity contribution in [3.05, 3.63) is 27.1 Å². The third-order valence-corrected chi connectivity index (χ3v) is 2.57. The Bertz CT molecular complexity index is 354. The average molecular weight is 263 g/mol. The normalized spacial score (nSPS) is 13.1. The van der Waals surface area contributed by atoms with Crippen LogP contribution in [0.3, 0.4) is 0 Å². The van der Waals surface area contributed by atoms with Crippen LogP contribution in [0.25, 0.3) is 0 Å². The van der Waals surface area contributed by atoms with Crippen LogP contribution in [0.1, 0.15) is 10.9 Å². The van der Waals surface area contributed by atoms with Crippen molar-refractivity contribution >= 4 is 28.7 Å². The fourth-order valence-corrected chi connectivity index (χ4v) is 1.62. The molecule has 0 saturated heterocycles. The molecule has 0 aliphatic rings. The fourth-order valence-electron chi connectivity index (χ4n) is 0.769. The van der Waals surface area contributed by atoms with Crippen LogP contribution in [0.2, 0.25) is 0 Å². The SMILES string of the molecule is Cl.N[C@@H](c1ccc([N+](=O)[O-])s1)C(F)(F)F. The van der Waals surface area contributed by atoms with E-state index in [0.29, 0.717) is 11.3 Å². The fraction of sp³-hybridized carbons (Fsp3) is 0.333. The summed E-state index contributed by atoms with van der Waals surface area (Å²) in [6, 6.07) is -0.131. The van der Waals surface area contributed by atoms with Gasteiger partial charge in [0.1, 0.15) is 6.04 Å². The summed E-state index contributed by atoms with van der Waals surface area (Å²) in [5.41, 5.74) is 4.85. The third kappa shape index (κ3) is 3.33. The first-order chi connectivity index (χ1) is 6.32. The summed E-state index contributed by atoms with van der Waals surface area (Å²) in [5.74, 6) is 0. The van der Waals surface area contributed by atoms with Crippen LogP contribution >= 0.6 is 23.7 Å². The molecule has 1 aromatic rings. The van der Waals surface area contributed by atoms with Gasteiger partial charge >= 0.3 is 11.2 Å². The van der Waals surface area contributed by atoms with Gasteiger partial charge in [-0.15, -0.1) is 12.4 Å². The molecule has 0 unspecified atom stereocenters. The Morgan fingerprint density at radius 1 is 1.47 bits per heavy atom. The van der Waals surface area contributed by atoms with E-state index in [-0.39, 0.29) is 22.3 Å². The van der Waals surface area contributed by atoms with E-state index < -0.39 is 17.1 Å². The summed E-state index contributed by atoms with van der Waals surface area (Å²) in [6.45, 7) is 0. The van der Waals surface area contributed by atoms with Crippen LogP contribution in [-0.4, -0.2) is 11.1 Å². The molecule has 0 spiro atoms. The molecule has 0 saturated carbocycles. The lowest BCUT2D eigenvalue weighted by Crippen LogP contribution is -2.27. The van der Waals surface area contributed by atoms with Gasteiger partial charge in [0.05, 0.1) is 4.92 Å². The quantitative estimate of drug-likeness (QED) is 0.658. The monoisotopic (exact) mass is 262 g/mol. The predicted octanol–water partition coefficient (Wildman–Crippen LogP) is 2.64. The second kappa shape index (κ2) is 4.77. The van der Waals surface area contributed by atoms with Crippen LogP contribution in [0.5, 0.6) is 0 Å². The maximum absolute atomic E-state index is 12.1. The number of hydrogen-bond acceptors (Lipinski definition) is 4. The minimum absolute atomic E-state index is 0. The Morgan fingerprint density at radius 2 is 2.00 bits per heavy atom. The van der Waals surface area contributed by atoms with Crippen molar-refractivity contribution in [1.29, 1.82) is 0 Å². The van der Waals surface area contributed by atoms with Gasteiger partial charge in [0.2, 0.25) is 0 Å². The van der Waals surface area contributed by atoms with Gasteiger partial charge in [0.15, 0.2) is 0 Å². The van der Waals surface area contributed by atoms with Gasteiger partial charge in [0.25, 0.3) is 0 Å². The van der Waals surface area contributed by atoms with Crippen molar-refractivity contribution in [2.24, 2.45) is 5.73 Å². The zero-order valence-corrected chi connectivity index (χ0v) is 8.66. The first kappa shape index (κ1) is 14.1. The lowest BCUT2D eigenvalue weighted by atomic mass is 10.2. The van der Waals surface area contributed by atoms with Crippen LogP contribution in [0, 0.1) is 10.1 Å². The van der Waals surface area contributed by atoms with E-state index in [4.69, 9.17) is 5.73 Å². The summed E-state index contributed by atoms with van der Waals surface area (Å²) in [6.07, 6.45) is -4.57. The second-order valence-corrected chi connectivity index (χ2v) is 3.55. The Morgan fingerprint density at radius 3 is 2.33 bits per heavy atom. The van der Waals surface area contributed by atoms with Gasteiger partial charge in [0, 0.05) is 10.9 Å². The highest BCUT2D eigenvalue weighted by Crippen LogP contribution is 2.36. The minimum Gasteiger partial charge on any atom is -0.316 e. The Labute approximate surface area is 92.4 Å². The molecule has 1 heterocycles. The molecular weight excluding hydrogens is 257 g/mol. The molecule has 4 nitrogen and oxygen atoms in total. The first-order valence-electron chi connectivity index (χ1n) is 3.39. The van der Waals surface area contributed by atoms with E-state index >= 15 is 0 Å². The van der Waals surface area contributed by atoms with Crippen LogP contribution in [0.4, 0.5) is 18.2 Å². The van der Waals surface area contributed by atoms with E-state index in [1.807, 2.05) is 0 Å². The summed E-state index contributed by atoms with van der Waals surface area (Å²) in [5, 5.41) is 9.83. The maximum atomic E-state index is 12.1. The maximum Gasteiger partial charge on any atom is 0.408 e. The number of rotatable bonds is 2. The second-order valence-electron chi connectivity index (χ2n) is 2.45. The number of hydrogen-bond donors (Lipinski definition) is 1. The lowest BCUT2D eigenvalue weighted by molar-refractivity contribution is -0.380. The van der Waals surface area contributed by atoms with E-state index in [1.165, 1.54) is 0 Å². The Hall–Kier alpha value is -0.860. The van der Waals surface area contributed by atoms with Crippen molar-refractivity contribution in [1.82, 2.24) is 0 Å². The van der Waals surface area contributed by atoms with Crippen molar-refractivity contribution in [2.75, 3.05) is 0 Å². The molecule has 0 radical (unpaired) electrons. The lowest BCUT2D eigenvalue weighted by Gasteiger charge is -2.12. The molecule has 0 bridgehead atoms. The van der Waals surface area contributed by atoms with Gasteiger partial charge in [-0.1, -0.05) is 11.3 Å². The highest BCUT2D eigenvalue weighted by Gasteiger charge is 2.39. The zero-order valence-electron chi connectivity index (χ0n) is 7.02. The molecule has 1 aromatic heterocycles. The van der Waals surface area contributed by atoms with Gasteiger partial charge in [-0.3, -0.25) is 10.1 Å². The van der Waals surface area contributed by atoms with Crippen LogP contribution in [-0.2, 0) is 0 Å². The first-order valence-corrected chi connectivity index (χ1v) is 4.20. The van der Waals surface area contributed by atoms with Crippen LogP contribution in [0.15, 0.2) is 12.1 Å². The third-order valence-electron chi connectivity index (χ3n) is 1.45. The van der Waals surface area contributed by atoms with Gasteiger partial charge in [-0.25, -0.2) is 0 Å². The molecule has 2 N–H and O–H groups in total. The smallest absolute Gasteiger partial charge is 0.316 e. The molecule has 0 aliphatic heterocycles. The standard InChI is InChI=1S/C6H5F3N2O2S.ClH/c7-6(8,9)5(10)3-1-2-4(14-3)11(12)13;/h1-2,5H,10H2;1H/t5-;/m0./s1. The number of nitrogens with zero attached hydrogens (tertiary/aromatic N) is 1. The number of halogens is 4. The summed E-state index contributed by atoms with van der Waals surface area (Å²) >= 11 is 0.432. The average Bonchev–Trinajstić information content (AvgIpc) is 2.48. The van der Waals surface area contributed by atoms with E-state index in [1.54, 1.807) is 0 Å². The van der Waals surface area contributed by atoms with Crippen LogP contribution < -0.4 is 5.73 Å². The molecule has 86 valence electrons. The molecule has 0 fully saturated rings. The van der Waals surface area contributed by atoms with E-state index in [2.05, 4.69) is 0 Å². The number of nitrogens with two attached hydrogens (primary N) is 1. The van der Waals surface area contributed by atoms with Crippen molar-refractivity contribution < 1.29 is 18.1 Å². The molecular formula is C6H6ClF3N2O2S. The number of nitro groups is 1. The minimum atomic E-state index is -4.57. The van der Waals surface area contributed by atoms with Gasteiger partial charge < -0.3 is 5.73 Å². The summed E-state index contributed by atoms with van der Waals surface area (Å²) < 4.78 is 36.2. The number of alkyl halides is 3. The van der Waals surface area contributed by atoms with Crippen molar-refractivity contribution in [2.45, 2.75) is 12.2 Å². The summed E-state index contributed by atoms with van der Waals surface area (Å²) in [7, 11) is 0. The predicted molar refractivity (Wildman–Crippen MR) is 51.2 cm³/mol.